The van der Waals surface area contributed by atoms with E-state index in [-0.39, 0.29) is 23.7 Å². The van der Waals surface area contributed by atoms with E-state index in [1.54, 1.807) is 12.5 Å². The molecule has 3 atom stereocenters. The molecule has 9 N–H and O–H groups in total. The summed E-state index contributed by atoms with van der Waals surface area (Å²) in [4.78, 5) is 64.0. The van der Waals surface area contributed by atoms with Gasteiger partial charge in [0.2, 0.25) is 16.9 Å². The van der Waals surface area contributed by atoms with Crippen LogP contribution in [0.4, 0.5) is 0 Å². The summed E-state index contributed by atoms with van der Waals surface area (Å²) in [6.07, 6.45) is 5.81. The van der Waals surface area contributed by atoms with Crippen LogP contribution in [-0.4, -0.2) is 92.1 Å². The van der Waals surface area contributed by atoms with E-state index >= 15 is 0 Å². The van der Waals surface area contributed by atoms with E-state index in [0.717, 1.165) is 43.3 Å². The quantitative estimate of drug-likeness (QED) is 0.0924. The molecule has 0 spiro atoms. The molecule has 2 unspecified atom stereocenters. The number of hydrogen-bond donors (Lipinski definition) is 7. The van der Waals surface area contributed by atoms with Gasteiger partial charge in [-0.05, 0) is 38.8 Å². The molecule has 1 aromatic heterocycles. The van der Waals surface area contributed by atoms with Gasteiger partial charge >= 0.3 is 11.9 Å². The zero-order valence-electron chi connectivity index (χ0n) is 21.6. The zero-order chi connectivity index (χ0) is 28.5. The average Bonchev–Trinajstić information content (AvgIpc) is 3.31. The Morgan fingerprint density at radius 3 is 2.53 bits per heavy atom. The first kappa shape index (κ1) is 33.0. The van der Waals surface area contributed by atoms with Crippen molar-refractivity contribution in [2.75, 3.05) is 25.4 Å². The van der Waals surface area contributed by atoms with Gasteiger partial charge in [0, 0.05) is 37.0 Å². The van der Waals surface area contributed by atoms with E-state index in [9.17, 15) is 24.0 Å². The van der Waals surface area contributed by atoms with Crippen molar-refractivity contribution < 1.29 is 34.2 Å². The monoisotopic (exact) mass is 557 g/mol. The number of carboxylic acids is 2. The lowest BCUT2D eigenvalue weighted by Crippen LogP contribution is -2.50. The molecular weight excluding hydrogens is 518 g/mol. The number of unbranched alkanes of at least 4 members (excludes halogenated alkanes) is 1. The largest absolute Gasteiger partial charge is 0.480 e. The number of aryl methyl sites for hydroxylation is 1. The van der Waals surface area contributed by atoms with Crippen molar-refractivity contribution in [2.45, 2.75) is 70.1 Å². The second-order valence-corrected chi connectivity index (χ2v) is 9.65. The molecule has 0 aliphatic heterocycles. The van der Waals surface area contributed by atoms with E-state index in [0.29, 0.717) is 19.5 Å². The fourth-order valence-electron chi connectivity index (χ4n) is 3.37. The van der Waals surface area contributed by atoms with Crippen molar-refractivity contribution in [2.24, 2.45) is 11.5 Å². The van der Waals surface area contributed by atoms with Crippen LogP contribution in [-0.2, 0) is 36.9 Å². The van der Waals surface area contributed by atoms with Crippen LogP contribution in [0.5, 0.6) is 0 Å². The third kappa shape index (κ3) is 13.0. The van der Waals surface area contributed by atoms with Crippen LogP contribution in [0.15, 0.2) is 12.5 Å². The van der Waals surface area contributed by atoms with Gasteiger partial charge in [-0.3, -0.25) is 24.0 Å². The van der Waals surface area contributed by atoms with Crippen LogP contribution < -0.4 is 27.4 Å². The van der Waals surface area contributed by atoms with E-state index in [2.05, 4.69) is 20.9 Å². The highest BCUT2D eigenvalue weighted by Crippen LogP contribution is 2.14. The highest BCUT2D eigenvalue weighted by molar-refractivity contribution is 8.13. The Hall–Kier alpha value is -3.01. The van der Waals surface area contributed by atoms with Gasteiger partial charge in [0.05, 0.1) is 12.4 Å². The molecule has 0 aliphatic carbocycles. The molecule has 1 rings (SSSR count). The van der Waals surface area contributed by atoms with Gasteiger partial charge in [0.1, 0.15) is 18.6 Å². The second kappa shape index (κ2) is 18.3. The van der Waals surface area contributed by atoms with Crippen molar-refractivity contribution in [3.05, 3.63) is 18.2 Å². The van der Waals surface area contributed by atoms with E-state index in [4.69, 9.17) is 21.7 Å². The number of thioether (sulfide) groups is 1. The van der Waals surface area contributed by atoms with Crippen LogP contribution in [0.2, 0.25) is 0 Å². The average molecular weight is 558 g/mol. The number of imidazole rings is 1. The fourth-order valence-corrected chi connectivity index (χ4v) is 4.30. The Morgan fingerprint density at radius 2 is 1.89 bits per heavy atom. The van der Waals surface area contributed by atoms with Gasteiger partial charge in [-0.2, -0.15) is 0 Å². The molecule has 1 aromatic rings. The standard InChI is InChI=1S/C23H39N7O7S/c1-2-9-30-14-26-11-15(30)10-17(27-8-4-3-7-24)23(37)38-13-18(21(34)28-12-20(32)33)29-19(31)6-5-16(25)22(35)36/h11,14,16-18,27H,2-10,12-13,24-25H2,1H3,(H,28,34)(H,29,31)(H,32,33)(H,35,36)/t16?,17-,18?/m0/s1. The molecule has 38 heavy (non-hydrogen) atoms. The van der Waals surface area contributed by atoms with Crippen molar-refractivity contribution in [3.8, 4) is 0 Å². The van der Waals surface area contributed by atoms with Crippen LogP contribution >= 0.6 is 11.8 Å². The number of nitrogens with zero attached hydrogens (tertiary/aromatic N) is 2. The summed E-state index contributed by atoms with van der Waals surface area (Å²) >= 11 is 0.834. The first-order chi connectivity index (χ1) is 18.1. The second-order valence-electron chi connectivity index (χ2n) is 8.63. The minimum absolute atomic E-state index is 0.156. The summed E-state index contributed by atoms with van der Waals surface area (Å²) in [5, 5.41) is 25.4. The number of amides is 2. The molecule has 1 heterocycles. The first-order valence-electron chi connectivity index (χ1n) is 12.4. The predicted octanol–water partition coefficient (Wildman–Crippen LogP) is -1.33. The molecular formula is C23H39N7O7S. The molecule has 0 saturated carbocycles. The Labute approximate surface area is 225 Å². The zero-order valence-corrected chi connectivity index (χ0v) is 22.4. The highest BCUT2D eigenvalue weighted by Gasteiger charge is 2.26. The maximum absolute atomic E-state index is 13.2. The summed E-state index contributed by atoms with van der Waals surface area (Å²) in [7, 11) is 0. The third-order valence-electron chi connectivity index (χ3n) is 5.44. The number of carbonyl (C=O) groups is 5. The van der Waals surface area contributed by atoms with Crippen molar-refractivity contribution in [1.29, 1.82) is 0 Å². The number of aliphatic carboxylic acids is 2. The lowest BCUT2D eigenvalue weighted by atomic mass is 10.1. The Morgan fingerprint density at radius 1 is 1.16 bits per heavy atom. The Balaban J connectivity index is 2.90. The van der Waals surface area contributed by atoms with E-state index in [1.165, 1.54) is 0 Å². The number of nitrogens with two attached hydrogens (primary N) is 2. The van der Waals surface area contributed by atoms with Gasteiger partial charge in [-0.25, -0.2) is 4.98 Å². The van der Waals surface area contributed by atoms with Gasteiger partial charge in [0.15, 0.2) is 0 Å². The smallest absolute Gasteiger partial charge is 0.322 e. The SMILES string of the molecule is CCCn1cncc1C[C@H](NCCCCN)C(=O)SCC(NC(=O)CCC(N)C(=O)O)C(=O)NCC(=O)O. The Kier molecular flexibility index (Phi) is 15.9. The van der Waals surface area contributed by atoms with Gasteiger partial charge < -0.3 is 42.2 Å². The molecule has 0 bridgehead atoms. The van der Waals surface area contributed by atoms with E-state index in [1.807, 2.05) is 11.5 Å². The predicted molar refractivity (Wildman–Crippen MR) is 141 cm³/mol. The number of carbonyl (C=O) groups excluding carboxylic acids is 3. The van der Waals surface area contributed by atoms with Gasteiger partial charge in [-0.1, -0.05) is 18.7 Å². The maximum Gasteiger partial charge on any atom is 0.322 e. The molecule has 0 saturated heterocycles. The van der Waals surface area contributed by atoms with Crippen LogP contribution in [0.25, 0.3) is 0 Å². The molecule has 0 aromatic carbocycles. The summed E-state index contributed by atoms with van der Waals surface area (Å²) in [6, 6.07) is -3.07. The molecule has 0 fully saturated rings. The summed E-state index contributed by atoms with van der Waals surface area (Å²) in [6.45, 7) is 3.20. The summed E-state index contributed by atoms with van der Waals surface area (Å²) < 4.78 is 1.97. The summed E-state index contributed by atoms with van der Waals surface area (Å²) in [5.74, 6) is -4.12. The lowest BCUT2D eigenvalue weighted by Gasteiger charge is -2.21. The molecule has 2 amide bonds. The number of nitrogens with one attached hydrogen (secondary N) is 3. The fraction of sp³-hybridized carbons (Fsp3) is 0.652. The third-order valence-corrected chi connectivity index (χ3v) is 6.51. The molecule has 214 valence electrons. The molecule has 15 heteroatoms. The summed E-state index contributed by atoms with van der Waals surface area (Å²) in [5.41, 5.74) is 11.8. The van der Waals surface area contributed by atoms with Crippen LogP contribution in [0, 0.1) is 0 Å². The normalized spacial score (nSPS) is 13.3. The van der Waals surface area contributed by atoms with Crippen molar-refractivity contribution >= 4 is 40.6 Å². The Bertz CT molecular complexity index is 928. The number of rotatable bonds is 20. The number of carboxylic acid groups (broad SMARTS) is 2. The minimum Gasteiger partial charge on any atom is -0.480 e. The minimum atomic E-state index is -1.27. The van der Waals surface area contributed by atoms with Crippen LogP contribution in [0.3, 0.4) is 0 Å². The number of aromatic nitrogens is 2. The van der Waals surface area contributed by atoms with Crippen molar-refractivity contribution in [3.63, 3.8) is 0 Å². The van der Waals surface area contributed by atoms with Gasteiger partial charge in [0.25, 0.3) is 0 Å². The molecule has 14 nitrogen and oxygen atoms in total. The highest BCUT2D eigenvalue weighted by atomic mass is 32.2. The van der Waals surface area contributed by atoms with Crippen LogP contribution in [0.1, 0.15) is 44.7 Å². The number of hydrogen-bond acceptors (Lipinski definition) is 10. The van der Waals surface area contributed by atoms with Gasteiger partial charge in [-0.15, -0.1) is 0 Å². The van der Waals surface area contributed by atoms with E-state index < -0.39 is 48.4 Å². The lowest BCUT2D eigenvalue weighted by molar-refractivity contribution is -0.139. The maximum atomic E-state index is 13.2. The molecule has 0 aliphatic rings. The first-order valence-corrected chi connectivity index (χ1v) is 13.4. The van der Waals surface area contributed by atoms with Crippen molar-refractivity contribution in [1.82, 2.24) is 25.5 Å². The molecule has 0 radical (unpaired) electrons. The topological polar surface area (TPSA) is 232 Å².